The summed E-state index contributed by atoms with van der Waals surface area (Å²) in [4.78, 5) is 18.2. The van der Waals surface area contributed by atoms with Crippen LogP contribution < -0.4 is 14.8 Å². The Kier molecular flexibility index (Phi) is 10.2. The third-order valence-corrected chi connectivity index (χ3v) is 8.64. The lowest BCUT2D eigenvalue weighted by molar-refractivity contribution is -0.904. The van der Waals surface area contributed by atoms with Gasteiger partial charge in [0.25, 0.3) is 5.91 Å². The number of rotatable bonds is 12. The van der Waals surface area contributed by atoms with Gasteiger partial charge in [-0.25, -0.2) is 4.39 Å². The topological polar surface area (TPSA) is 148 Å². The fourth-order valence-electron chi connectivity index (χ4n) is 5.46. The summed E-state index contributed by atoms with van der Waals surface area (Å²) in [7, 11) is 0. The van der Waals surface area contributed by atoms with Crippen LogP contribution >= 0.6 is 23.2 Å². The maximum absolute atomic E-state index is 13.6. The van der Waals surface area contributed by atoms with Crippen LogP contribution in [0.15, 0.2) is 104 Å². The highest BCUT2D eigenvalue weighted by Crippen LogP contribution is 2.34. The van der Waals surface area contributed by atoms with E-state index >= 15 is 0 Å². The predicted octanol–water partition coefficient (Wildman–Crippen LogP) is 5.34. The number of carbonyl (C=O) groups is 1. The van der Waals surface area contributed by atoms with Gasteiger partial charge in [-0.3, -0.25) is 20.0 Å². The molecule has 1 atom stereocenters. The molecule has 0 fully saturated rings. The minimum atomic E-state index is -0.799. The van der Waals surface area contributed by atoms with E-state index in [4.69, 9.17) is 23.2 Å². The lowest BCUT2D eigenvalue weighted by atomic mass is 10.0. The molecule has 0 saturated carbocycles. The Hall–Kier alpha value is -5.27. The van der Waals surface area contributed by atoms with Crippen LogP contribution in [-0.2, 0) is 19.6 Å². The van der Waals surface area contributed by atoms with Crippen molar-refractivity contribution in [2.24, 2.45) is 0 Å². The predicted molar refractivity (Wildman–Crippen MR) is 180 cm³/mol. The highest BCUT2D eigenvalue weighted by Gasteiger charge is 2.20. The lowest BCUT2D eigenvalue weighted by Crippen LogP contribution is -2.31. The molecule has 5 N–H and O–H groups in total. The summed E-state index contributed by atoms with van der Waals surface area (Å²) in [6.45, 7) is 1.21. The van der Waals surface area contributed by atoms with Crippen molar-refractivity contribution >= 4 is 29.1 Å². The number of amides is 1. The molecule has 1 amide bonds. The van der Waals surface area contributed by atoms with Gasteiger partial charge in [0.05, 0.1) is 17.7 Å². The Morgan fingerprint density at radius 2 is 1.63 bits per heavy atom. The molecule has 0 radical (unpaired) electrons. The van der Waals surface area contributed by atoms with Crippen LogP contribution in [0.4, 0.5) is 4.39 Å². The Bertz CT molecular complexity index is 2020. The molecule has 250 valence electrons. The van der Waals surface area contributed by atoms with Crippen LogP contribution in [0.3, 0.4) is 0 Å². The van der Waals surface area contributed by atoms with Crippen molar-refractivity contribution in [1.29, 1.82) is 0 Å². The molecular formula is C35H31Cl2FN7O4+. The Morgan fingerprint density at radius 1 is 0.918 bits per heavy atom. The molecule has 11 nitrogen and oxygen atoms in total. The van der Waals surface area contributed by atoms with Crippen molar-refractivity contribution in [3.8, 4) is 22.4 Å². The number of benzene rings is 2. The summed E-state index contributed by atoms with van der Waals surface area (Å²) < 4.78 is 15.4. The average Bonchev–Trinajstić information content (AvgIpc) is 3.79. The number of aliphatic hydroxyl groups excluding tert-OH is 1. The van der Waals surface area contributed by atoms with E-state index in [9.17, 15) is 24.7 Å². The van der Waals surface area contributed by atoms with Gasteiger partial charge in [0.2, 0.25) is 12.4 Å². The van der Waals surface area contributed by atoms with Gasteiger partial charge in [-0.1, -0.05) is 41.4 Å². The number of aromatic nitrogens is 5. The summed E-state index contributed by atoms with van der Waals surface area (Å²) in [5.41, 5.74) is 6.35. The molecule has 0 bridgehead atoms. The number of carbonyl (C=O) groups excluding carboxylic acids is 1. The number of halogens is 3. The van der Waals surface area contributed by atoms with Crippen LogP contribution in [0.1, 0.15) is 38.8 Å². The fourth-order valence-corrected chi connectivity index (χ4v) is 5.89. The zero-order valence-electron chi connectivity index (χ0n) is 25.9. The molecule has 0 aliphatic carbocycles. The van der Waals surface area contributed by atoms with E-state index in [0.717, 1.165) is 37.3 Å². The minimum absolute atomic E-state index is 0.108. The van der Waals surface area contributed by atoms with E-state index in [0.29, 0.717) is 41.5 Å². The molecule has 6 aromatic rings. The third kappa shape index (κ3) is 8.07. The Morgan fingerprint density at radius 3 is 2.31 bits per heavy atom. The van der Waals surface area contributed by atoms with E-state index < -0.39 is 24.4 Å². The van der Waals surface area contributed by atoms with Gasteiger partial charge in [-0.15, -0.1) is 0 Å². The summed E-state index contributed by atoms with van der Waals surface area (Å²) in [6.07, 6.45) is 9.47. The van der Waals surface area contributed by atoms with Crippen LogP contribution in [0.5, 0.6) is 0 Å². The number of H-pyrrole nitrogens is 2. The lowest BCUT2D eigenvalue weighted by Gasteiger charge is -2.23. The SMILES string of the molecule is O=C(N[C@H](CO)c1ccc(F)c(Cl)c1)c1cc(-c2n[nH]cc2-c2ccc(CN(Cc3cc[n+]([O-])cc3)Cc3cc[n+](O)cc3)c(Cl)c2)c[nH]1. The van der Waals surface area contributed by atoms with Crippen LogP contribution in [-0.4, -0.2) is 42.9 Å². The Labute approximate surface area is 290 Å². The van der Waals surface area contributed by atoms with Crippen LogP contribution in [0, 0.1) is 11.0 Å². The second kappa shape index (κ2) is 14.9. The van der Waals surface area contributed by atoms with Gasteiger partial charge in [-0.05, 0) is 52.1 Å². The summed E-state index contributed by atoms with van der Waals surface area (Å²) in [5, 5.41) is 41.6. The molecular weight excluding hydrogens is 672 g/mol. The first-order chi connectivity index (χ1) is 23.7. The highest BCUT2D eigenvalue weighted by molar-refractivity contribution is 6.31. The molecule has 0 spiro atoms. The van der Waals surface area contributed by atoms with Gasteiger partial charge in [0.15, 0.2) is 12.4 Å². The number of hydrogen-bond donors (Lipinski definition) is 5. The van der Waals surface area contributed by atoms with Gasteiger partial charge in [0.1, 0.15) is 17.2 Å². The van der Waals surface area contributed by atoms with Crippen molar-refractivity contribution in [2.75, 3.05) is 6.61 Å². The summed E-state index contributed by atoms with van der Waals surface area (Å²) in [5.74, 6) is -1.07. The third-order valence-electron chi connectivity index (χ3n) is 8.00. The number of hydrogen-bond acceptors (Lipinski definition) is 6. The van der Waals surface area contributed by atoms with E-state index in [1.807, 2.05) is 30.3 Å². The van der Waals surface area contributed by atoms with Crippen molar-refractivity contribution < 1.29 is 29.0 Å². The second-order valence-corrected chi connectivity index (χ2v) is 12.3. The molecule has 4 heterocycles. The van der Waals surface area contributed by atoms with Crippen molar-refractivity contribution in [2.45, 2.75) is 25.7 Å². The van der Waals surface area contributed by atoms with E-state index in [1.54, 1.807) is 43.0 Å². The number of aliphatic hydroxyl groups is 1. The summed E-state index contributed by atoms with van der Waals surface area (Å²) in [6, 6.07) is 17.8. The quantitative estimate of drug-likeness (QED) is 0.0661. The molecule has 0 unspecified atom stereocenters. The smallest absolute Gasteiger partial charge is 0.268 e. The van der Waals surface area contributed by atoms with Gasteiger partial charge < -0.3 is 20.6 Å². The number of pyridine rings is 2. The zero-order chi connectivity index (χ0) is 34.5. The molecule has 0 saturated heterocycles. The summed E-state index contributed by atoms with van der Waals surface area (Å²) >= 11 is 12.8. The van der Waals surface area contributed by atoms with Gasteiger partial charge in [0, 0.05) is 77.2 Å². The van der Waals surface area contributed by atoms with E-state index in [-0.39, 0.29) is 10.7 Å². The zero-order valence-corrected chi connectivity index (χ0v) is 27.4. The molecule has 4 aromatic heterocycles. The first kappa shape index (κ1) is 33.6. The molecule has 2 aromatic carbocycles. The van der Waals surface area contributed by atoms with E-state index in [1.165, 1.54) is 30.6 Å². The normalized spacial score (nSPS) is 11.9. The standard InChI is InChI=1S/C35H30Cl2FN7O4/c36-29-13-24(1-2-26(29)20-43(18-22-5-9-44(48)10-6-22)19-23-7-11-45(49)12-8-23)28-17-40-42-34(28)27-15-32(39-16-27)35(47)41-33(21-46)25-3-4-31(38)30(37)14-25/h1-17,33,46H,18-21H2,(H3-,39,40,41,42,47,48)/p+1/t33-/m1/s1. The maximum Gasteiger partial charge on any atom is 0.268 e. The van der Waals surface area contributed by atoms with Crippen LogP contribution in [0.2, 0.25) is 10.0 Å². The highest BCUT2D eigenvalue weighted by atomic mass is 35.5. The molecule has 49 heavy (non-hydrogen) atoms. The van der Waals surface area contributed by atoms with Crippen molar-refractivity contribution in [3.63, 3.8) is 0 Å². The number of nitrogens with zero attached hydrogens (tertiary/aromatic N) is 4. The largest absolute Gasteiger partial charge is 0.619 e. The number of nitrogens with one attached hydrogen (secondary N) is 3. The first-order valence-electron chi connectivity index (χ1n) is 15.1. The number of aromatic amines is 2. The second-order valence-electron chi connectivity index (χ2n) is 11.4. The Balaban J connectivity index is 1.19. The fraction of sp³-hybridized carbons (Fsp3) is 0.143. The average molecular weight is 704 g/mol. The maximum atomic E-state index is 13.6. The molecule has 6 rings (SSSR count). The van der Waals surface area contributed by atoms with Gasteiger partial charge >= 0.3 is 0 Å². The van der Waals surface area contributed by atoms with E-state index in [2.05, 4.69) is 25.4 Å². The first-order valence-corrected chi connectivity index (χ1v) is 15.9. The van der Waals surface area contributed by atoms with Crippen molar-refractivity contribution in [1.82, 2.24) is 25.4 Å². The van der Waals surface area contributed by atoms with Crippen molar-refractivity contribution in [3.05, 3.63) is 153 Å². The molecule has 0 aliphatic heterocycles. The monoisotopic (exact) mass is 702 g/mol. The minimum Gasteiger partial charge on any atom is -0.619 e. The molecule has 14 heteroatoms. The van der Waals surface area contributed by atoms with Crippen LogP contribution in [0.25, 0.3) is 22.4 Å². The molecule has 0 aliphatic rings. The van der Waals surface area contributed by atoms with Gasteiger partial charge in [-0.2, -0.15) is 9.83 Å².